The van der Waals surface area contributed by atoms with E-state index in [2.05, 4.69) is 13.0 Å². The molecule has 1 aromatic heterocycles. The number of hydrogen-bond acceptors (Lipinski definition) is 2. The lowest BCUT2D eigenvalue weighted by Crippen LogP contribution is -2.41. The van der Waals surface area contributed by atoms with Crippen molar-refractivity contribution >= 4 is 28.4 Å². The van der Waals surface area contributed by atoms with Gasteiger partial charge in [0.05, 0.1) is 28.0 Å². The van der Waals surface area contributed by atoms with Gasteiger partial charge in [-0.1, -0.05) is 30.3 Å². The summed E-state index contributed by atoms with van der Waals surface area (Å²) in [5.41, 5.74) is 2.60. The lowest BCUT2D eigenvalue weighted by Gasteiger charge is -2.34. The average Bonchev–Trinajstić information content (AvgIpc) is 3.11. The van der Waals surface area contributed by atoms with E-state index < -0.39 is 5.54 Å². The van der Waals surface area contributed by atoms with Crippen LogP contribution >= 0.6 is 0 Å². The van der Waals surface area contributed by atoms with Crippen molar-refractivity contribution in [2.75, 3.05) is 4.90 Å². The molecule has 0 bridgehead atoms. The lowest BCUT2D eigenvalue weighted by molar-refractivity contribution is -0.117. The van der Waals surface area contributed by atoms with Gasteiger partial charge in [-0.15, -0.1) is 0 Å². The van der Waals surface area contributed by atoms with E-state index in [0.29, 0.717) is 18.4 Å². The maximum atomic E-state index is 13.3. The molecule has 0 unspecified atom stereocenters. The van der Waals surface area contributed by atoms with E-state index in [4.69, 9.17) is 0 Å². The Morgan fingerprint density at radius 3 is 2.62 bits per heavy atom. The zero-order chi connectivity index (χ0) is 16.5. The number of nitrogens with zero attached hydrogens (tertiary/aromatic N) is 2. The number of aromatic nitrogens is 1. The van der Waals surface area contributed by atoms with Crippen LogP contribution < -0.4 is 4.90 Å². The van der Waals surface area contributed by atoms with Crippen molar-refractivity contribution in [3.63, 3.8) is 0 Å². The van der Waals surface area contributed by atoms with E-state index in [-0.39, 0.29) is 11.8 Å². The van der Waals surface area contributed by atoms with Crippen LogP contribution in [-0.4, -0.2) is 16.4 Å². The Labute approximate surface area is 139 Å². The van der Waals surface area contributed by atoms with Gasteiger partial charge in [0, 0.05) is 11.8 Å². The van der Waals surface area contributed by atoms with Crippen LogP contribution in [0.15, 0.2) is 54.6 Å². The van der Waals surface area contributed by atoms with Crippen molar-refractivity contribution in [2.24, 2.45) is 0 Å². The fourth-order valence-electron chi connectivity index (χ4n) is 4.23. The van der Waals surface area contributed by atoms with Crippen LogP contribution in [0.4, 0.5) is 5.69 Å². The minimum absolute atomic E-state index is 0.0646. The van der Waals surface area contributed by atoms with Crippen molar-refractivity contribution in [3.8, 4) is 0 Å². The highest BCUT2D eigenvalue weighted by molar-refractivity contribution is 6.12. The lowest BCUT2D eigenvalue weighted by atomic mass is 9.94. The van der Waals surface area contributed by atoms with Gasteiger partial charge in [0.1, 0.15) is 0 Å². The van der Waals surface area contributed by atoms with Gasteiger partial charge < -0.3 is 4.90 Å². The first-order valence-corrected chi connectivity index (χ1v) is 8.19. The summed E-state index contributed by atoms with van der Waals surface area (Å²) in [6.07, 6.45) is 1.21. The molecule has 1 fully saturated rings. The molecule has 5 rings (SSSR count). The predicted molar refractivity (Wildman–Crippen MR) is 92.2 cm³/mol. The van der Waals surface area contributed by atoms with Crippen LogP contribution in [0.5, 0.6) is 0 Å². The Hall–Kier alpha value is -2.88. The summed E-state index contributed by atoms with van der Waals surface area (Å²) < 4.78 is 1.80. The van der Waals surface area contributed by atoms with Crippen LogP contribution in [0.2, 0.25) is 0 Å². The summed E-state index contributed by atoms with van der Waals surface area (Å²) in [6, 6.07) is 17.4. The third-order valence-electron chi connectivity index (χ3n) is 5.41. The van der Waals surface area contributed by atoms with E-state index in [9.17, 15) is 9.59 Å². The first-order chi connectivity index (χ1) is 11.6. The number of rotatable bonds is 0. The zero-order valence-corrected chi connectivity index (χ0v) is 13.3. The second-order valence-corrected chi connectivity index (χ2v) is 6.75. The third-order valence-corrected chi connectivity index (χ3v) is 5.41. The van der Waals surface area contributed by atoms with Gasteiger partial charge in [-0.3, -0.25) is 14.2 Å². The molecule has 1 saturated heterocycles. The van der Waals surface area contributed by atoms with Gasteiger partial charge in [0.25, 0.3) is 5.91 Å². The van der Waals surface area contributed by atoms with Gasteiger partial charge >= 0.3 is 0 Å². The molecule has 0 spiro atoms. The van der Waals surface area contributed by atoms with Gasteiger partial charge in [-0.2, -0.15) is 0 Å². The summed E-state index contributed by atoms with van der Waals surface area (Å²) in [4.78, 5) is 27.8. The standard InChI is InChI=1S/C20H16N2O2/c1-20-11-10-18(23)22(20)16-9-5-3-7-14(16)19(24)21-15-8-4-2-6-13(15)12-17(20)21/h2-9,12H,10-11H2,1H3/t20-/m0/s1. The largest absolute Gasteiger partial charge is 0.300 e. The molecule has 0 aliphatic carbocycles. The van der Waals surface area contributed by atoms with Crippen LogP contribution in [-0.2, 0) is 10.3 Å². The fourth-order valence-corrected chi connectivity index (χ4v) is 4.23. The summed E-state index contributed by atoms with van der Waals surface area (Å²) >= 11 is 0. The maximum Gasteiger partial charge on any atom is 0.264 e. The smallest absolute Gasteiger partial charge is 0.264 e. The first kappa shape index (κ1) is 13.5. The number of para-hydroxylation sites is 2. The zero-order valence-electron chi connectivity index (χ0n) is 13.3. The van der Waals surface area contributed by atoms with E-state index in [1.807, 2.05) is 53.4 Å². The molecule has 0 saturated carbocycles. The maximum absolute atomic E-state index is 13.3. The molecule has 24 heavy (non-hydrogen) atoms. The predicted octanol–water partition coefficient (Wildman–Crippen LogP) is 3.69. The molecule has 3 aromatic rings. The molecule has 2 aliphatic rings. The highest BCUT2D eigenvalue weighted by atomic mass is 16.2. The molecule has 0 N–H and O–H groups in total. The molecule has 1 atom stereocenters. The van der Waals surface area contributed by atoms with Gasteiger partial charge in [-0.25, -0.2) is 0 Å². The molecule has 4 nitrogen and oxygen atoms in total. The molecular weight excluding hydrogens is 300 g/mol. The van der Waals surface area contributed by atoms with Crippen molar-refractivity contribution in [3.05, 3.63) is 65.9 Å². The van der Waals surface area contributed by atoms with Crippen LogP contribution in [0, 0.1) is 0 Å². The van der Waals surface area contributed by atoms with E-state index in [0.717, 1.165) is 22.3 Å². The molecule has 118 valence electrons. The Kier molecular flexibility index (Phi) is 2.46. The molecule has 1 amide bonds. The second-order valence-electron chi connectivity index (χ2n) is 6.75. The van der Waals surface area contributed by atoms with Crippen LogP contribution in [0.3, 0.4) is 0 Å². The van der Waals surface area contributed by atoms with Crippen molar-refractivity contribution < 1.29 is 9.59 Å². The van der Waals surface area contributed by atoms with E-state index in [1.54, 1.807) is 4.57 Å². The highest BCUT2D eigenvalue weighted by Gasteiger charge is 2.49. The second kappa shape index (κ2) is 4.35. The summed E-state index contributed by atoms with van der Waals surface area (Å²) in [5.74, 6) is 0.0154. The van der Waals surface area contributed by atoms with Crippen LogP contribution in [0.1, 0.15) is 35.8 Å². The number of fused-ring (bicyclic) bond motifs is 7. The fraction of sp³-hybridized carbons (Fsp3) is 0.200. The number of anilines is 1. The molecule has 0 radical (unpaired) electrons. The normalized spacial score (nSPS) is 22.3. The summed E-state index contributed by atoms with van der Waals surface area (Å²) in [5, 5.41) is 1.03. The van der Waals surface area contributed by atoms with Gasteiger partial charge in [0.2, 0.25) is 5.91 Å². The monoisotopic (exact) mass is 316 g/mol. The molecule has 2 aliphatic heterocycles. The van der Waals surface area contributed by atoms with Crippen molar-refractivity contribution in [1.82, 2.24) is 4.57 Å². The Bertz CT molecular complexity index is 1030. The van der Waals surface area contributed by atoms with Crippen molar-refractivity contribution in [1.29, 1.82) is 0 Å². The number of benzene rings is 2. The topological polar surface area (TPSA) is 42.3 Å². The Morgan fingerprint density at radius 1 is 1.00 bits per heavy atom. The summed E-state index contributed by atoms with van der Waals surface area (Å²) in [7, 11) is 0. The highest BCUT2D eigenvalue weighted by Crippen LogP contribution is 2.47. The van der Waals surface area contributed by atoms with E-state index >= 15 is 0 Å². The minimum Gasteiger partial charge on any atom is -0.300 e. The molecule has 2 aromatic carbocycles. The average molecular weight is 316 g/mol. The molecule has 4 heteroatoms. The van der Waals surface area contributed by atoms with E-state index in [1.165, 1.54) is 0 Å². The number of hydrogen-bond donors (Lipinski definition) is 0. The number of carbonyl (C=O) groups excluding carboxylic acids is 2. The molecule has 3 heterocycles. The molecular formula is C20H16N2O2. The van der Waals surface area contributed by atoms with Crippen molar-refractivity contribution in [2.45, 2.75) is 25.3 Å². The summed E-state index contributed by atoms with van der Waals surface area (Å²) in [6.45, 7) is 2.07. The number of carbonyl (C=O) groups is 2. The first-order valence-electron chi connectivity index (χ1n) is 8.19. The minimum atomic E-state index is -0.502. The van der Waals surface area contributed by atoms with Gasteiger partial charge in [-0.05, 0) is 37.6 Å². The third kappa shape index (κ3) is 1.48. The number of amides is 1. The van der Waals surface area contributed by atoms with Crippen LogP contribution in [0.25, 0.3) is 10.9 Å². The Balaban J connectivity index is 1.95. The SMILES string of the molecule is C[C@@]12CCC(=O)N1c1ccccc1C(=O)n1c2cc2ccccc21. The quantitative estimate of drug-likeness (QED) is 0.635. The Morgan fingerprint density at radius 2 is 1.75 bits per heavy atom. The van der Waals surface area contributed by atoms with Gasteiger partial charge in [0.15, 0.2) is 0 Å².